The Hall–Kier alpha value is -0.860. The summed E-state index contributed by atoms with van der Waals surface area (Å²) in [6.45, 7) is 2.03. The molecule has 1 aliphatic rings. The van der Waals surface area contributed by atoms with Crippen molar-refractivity contribution in [3.05, 3.63) is 40.2 Å². The first kappa shape index (κ1) is 10.7. The third kappa shape index (κ3) is 2.80. The fraction of sp³-hybridized carbons (Fsp3) is 0.333. The second-order valence-electron chi connectivity index (χ2n) is 3.73. The van der Waals surface area contributed by atoms with E-state index in [2.05, 4.69) is 11.4 Å². The zero-order chi connectivity index (χ0) is 10.7. The third-order valence-electron chi connectivity index (χ3n) is 2.56. The van der Waals surface area contributed by atoms with Gasteiger partial charge in [0.25, 0.3) is 0 Å². The Bertz CT molecular complexity index is 379. The highest BCUT2D eigenvalue weighted by Crippen LogP contribution is 2.19. The second kappa shape index (κ2) is 4.77. The largest absolute Gasteiger partial charge is 0.316 e. The van der Waals surface area contributed by atoms with Crippen LogP contribution < -0.4 is 5.32 Å². The normalized spacial score (nSPS) is 16.5. The van der Waals surface area contributed by atoms with E-state index in [4.69, 9.17) is 11.6 Å². The van der Waals surface area contributed by atoms with Crippen molar-refractivity contribution in [1.29, 1.82) is 0 Å². The average Bonchev–Trinajstić information content (AvgIpc) is 2.25. The zero-order valence-corrected chi connectivity index (χ0v) is 9.15. The molecule has 15 heavy (non-hydrogen) atoms. The Labute approximate surface area is 93.9 Å². The molecule has 0 radical (unpaired) electrons. The summed E-state index contributed by atoms with van der Waals surface area (Å²) in [7, 11) is 0. The molecule has 0 amide bonds. The first-order chi connectivity index (χ1) is 7.25. The van der Waals surface area contributed by atoms with Crippen molar-refractivity contribution in [1.82, 2.24) is 5.32 Å². The van der Waals surface area contributed by atoms with Crippen molar-refractivity contribution in [3.8, 4) is 0 Å². The van der Waals surface area contributed by atoms with Crippen molar-refractivity contribution >= 4 is 17.7 Å². The Morgan fingerprint density at radius 2 is 2.00 bits per heavy atom. The van der Waals surface area contributed by atoms with Gasteiger partial charge in [-0.15, -0.1) is 0 Å². The molecule has 0 spiro atoms. The summed E-state index contributed by atoms with van der Waals surface area (Å²) in [5.74, 6) is -0.347. The van der Waals surface area contributed by atoms with E-state index in [-0.39, 0.29) is 10.8 Å². The number of nitrogens with one attached hydrogen (secondary N) is 1. The van der Waals surface area contributed by atoms with E-state index in [1.54, 1.807) is 6.07 Å². The van der Waals surface area contributed by atoms with Gasteiger partial charge in [-0.05, 0) is 43.6 Å². The fourth-order valence-electron chi connectivity index (χ4n) is 1.73. The molecule has 0 saturated carbocycles. The quantitative estimate of drug-likeness (QED) is 0.774. The third-order valence-corrected chi connectivity index (χ3v) is 2.87. The number of hydrogen-bond donors (Lipinski definition) is 1. The van der Waals surface area contributed by atoms with Gasteiger partial charge in [-0.25, -0.2) is 4.39 Å². The molecule has 0 aromatic heterocycles. The van der Waals surface area contributed by atoms with Crippen LogP contribution in [-0.4, -0.2) is 13.1 Å². The first-order valence-electron chi connectivity index (χ1n) is 5.11. The molecule has 0 bridgehead atoms. The van der Waals surface area contributed by atoms with Crippen LogP contribution in [0.15, 0.2) is 23.8 Å². The SMILES string of the molecule is Fc1cc(C=C2CCNCC2)ccc1Cl. The molecule has 1 aliphatic heterocycles. The number of benzene rings is 1. The minimum Gasteiger partial charge on any atom is -0.316 e. The van der Waals surface area contributed by atoms with E-state index in [1.165, 1.54) is 11.6 Å². The Morgan fingerprint density at radius 3 is 2.67 bits per heavy atom. The van der Waals surface area contributed by atoms with E-state index in [0.29, 0.717) is 0 Å². The topological polar surface area (TPSA) is 12.0 Å². The Balaban J connectivity index is 2.18. The van der Waals surface area contributed by atoms with E-state index >= 15 is 0 Å². The maximum atomic E-state index is 13.2. The summed E-state index contributed by atoms with van der Waals surface area (Å²) >= 11 is 5.62. The molecule has 0 atom stereocenters. The van der Waals surface area contributed by atoms with Gasteiger partial charge in [-0.2, -0.15) is 0 Å². The second-order valence-corrected chi connectivity index (χ2v) is 4.13. The maximum absolute atomic E-state index is 13.2. The maximum Gasteiger partial charge on any atom is 0.142 e. The molecule has 80 valence electrons. The monoisotopic (exact) mass is 225 g/mol. The summed E-state index contributed by atoms with van der Waals surface area (Å²) in [4.78, 5) is 0. The summed E-state index contributed by atoms with van der Waals surface area (Å²) in [6, 6.07) is 4.93. The van der Waals surface area contributed by atoms with Crippen LogP contribution in [0.2, 0.25) is 5.02 Å². The molecule has 3 heteroatoms. The van der Waals surface area contributed by atoms with Crippen LogP contribution >= 0.6 is 11.6 Å². The van der Waals surface area contributed by atoms with E-state index in [0.717, 1.165) is 31.5 Å². The molecule has 0 aliphatic carbocycles. The van der Waals surface area contributed by atoms with Crippen LogP contribution in [0, 0.1) is 5.82 Å². The average molecular weight is 226 g/mol. The van der Waals surface area contributed by atoms with Crippen molar-refractivity contribution in [3.63, 3.8) is 0 Å². The molecular formula is C12H13ClFN. The lowest BCUT2D eigenvalue weighted by Crippen LogP contribution is -2.22. The standard InChI is InChI=1S/C12H13ClFN/c13-11-2-1-10(8-12(11)14)7-9-3-5-15-6-4-9/h1-2,7-8,15H,3-6H2. The van der Waals surface area contributed by atoms with Gasteiger partial charge in [0.2, 0.25) is 0 Å². The highest BCUT2D eigenvalue weighted by atomic mass is 35.5. The minimum absolute atomic E-state index is 0.183. The highest BCUT2D eigenvalue weighted by molar-refractivity contribution is 6.30. The predicted molar refractivity (Wildman–Crippen MR) is 61.5 cm³/mol. The van der Waals surface area contributed by atoms with Crippen LogP contribution in [0.25, 0.3) is 6.08 Å². The van der Waals surface area contributed by atoms with Gasteiger partial charge >= 0.3 is 0 Å². The predicted octanol–water partition coefficient (Wildman–Crippen LogP) is 3.25. The molecule has 1 heterocycles. The van der Waals surface area contributed by atoms with Gasteiger partial charge in [0, 0.05) is 0 Å². The number of halogens is 2. The summed E-state index contributed by atoms with van der Waals surface area (Å²) in [5.41, 5.74) is 2.27. The van der Waals surface area contributed by atoms with Gasteiger partial charge in [-0.3, -0.25) is 0 Å². The lowest BCUT2D eigenvalue weighted by atomic mass is 10.0. The van der Waals surface area contributed by atoms with E-state index < -0.39 is 0 Å². The smallest absolute Gasteiger partial charge is 0.142 e. The van der Waals surface area contributed by atoms with Gasteiger partial charge in [0.05, 0.1) is 5.02 Å². The van der Waals surface area contributed by atoms with Crippen molar-refractivity contribution in [2.75, 3.05) is 13.1 Å². The van der Waals surface area contributed by atoms with E-state index in [9.17, 15) is 4.39 Å². The summed E-state index contributed by atoms with van der Waals surface area (Å²) in [6.07, 6.45) is 4.15. The zero-order valence-electron chi connectivity index (χ0n) is 8.39. The van der Waals surface area contributed by atoms with Crippen LogP contribution in [-0.2, 0) is 0 Å². The van der Waals surface area contributed by atoms with Crippen LogP contribution in [0.5, 0.6) is 0 Å². The molecule has 1 aromatic rings. The van der Waals surface area contributed by atoms with Crippen LogP contribution in [0.4, 0.5) is 4.39 Å². The highest BCUT2D eigenvalue weighted by Gasteiger charge is 2.05. The van der Waals surface area contributed by atoms with Gasteiger partial charge in [-0.1, -0.05) is 29.3 Å². The number of piperidine rings is 1. The molecule has 1 N–H and O–H groups in total. The molecule has 1 nitrogen and oxygen atoms in total. The van der Waals surface area contributed by atoms with Crippen molar-refractivity contribution < 1.29 is 4.39 Å². The van der Waals surface area contributed by atoms with E-state index in [1.807, 2.05) is 6.07 Å². The minimum atomic E-state index is -0.347. The van der Waals surface area contributed by atoms with Gasteiger partial charge in [0.1, 0.15) is 5.82 Å². The van der Waals surface area contributed by atoms with Gasteiger partial charge < -0.3 is 5.32 Å². The number of hydrogen-bond acceptors (Lipinski definition) is 1. The number of rotatable bonds is 1. The Morgan fingerprint density at radius 1 is 1.27 bits per heavy atom. The summed E-state index contributed by atoms with van der Waals surface area (Å²) in [5, 5.41) is 3.47. The van der Waals surface area contributed by atoms with Crippen molar-refractivity contribution in [2.45, 2.75) is 12.8 Å². The first-order valence-corrected chi connectivity index (χ1v) is 5.49. The molecule has 1 saturated heterocycles. The fourth-order valence-corrected chi connectivity index (χ4v) is 1.85. The Kier molecular flexibility index (Phi) is 3.39. The van der Waals surface area contributed by atoms with Crippen LogP contribution in [0.1, 0.15) is 18.4 Å². The molecule has 0 unspecified atom stereocenters. The molecule has 1 fully saturated rings. The molecular weight excluding hydrogens is 213 g/mol. The summed E-state index contributed by atoms with van der Waals surface area (Å²) < 4.78 is 13.2. The van der Waals surface area contributed by atoms with Gasteiger partial charge in [0.15, 0.2) is 0 Å². The lowest BCUT2D eigenvalue weighted by Gasteiger charge is -2.15. The lowest BCUT2D eigenvalue weighted by molar-refractivity contribution is 0.613. The molecule has 1 aromatic carbocycles. The van der Waals surface area contributed by atoms with Crippen molar-refractivity contribution in [2.24, 2.45) is 0 Å². The molecule has 2 rings (SSSR count). The van der Waals surface area contributed by atoms with Crippen LogP contribution in [0.3, 0.4) is 0 Å².